The summed E-state index contributed by atoms with van der Waals surface area (Å²) in [4.78, 5) is 21.1. The lowest BCUT2D eigenvalue weighted by Gasteiger charge is -2.37. The van der Waals surface area contributed by atoms with Gasteiger partial charge in [-0.05, 0) is 42.3 Å². The molecule has 5 heteroatoms. The fourth-order valence-corrected chi connectivity index (χ4v) is 4.16. The molecule has 152 valence electrons. The Morgan fingerprint density at radius 1 is 1.07 bits per heavy atom. The highest BCUT2D eigenvalue weighted by molar-refractivity contribution is 6.31. The molecule has 0 aromatic heterocycles. The van der Waals surface area contributed by atoms with Crippen LogP contribution in [0.3, 0.4) is 0 Å². The first-order valence-corrected chi connectivity index (χ1v) is 10.7. The van der Waals surface area contributed by atoms with Gasteiger partial charge in [0.25, 0.3) is 0 Å². The molecule has 0 unspecified atom stereocenters. The van der Waals surface area contributed by atoms with Gasteiger partial charge < -0.3 is 9.69 Å². The molecule has 0 aliphatic carbocycles. The van der Waals surface area contributed by atoms with E-state index < -0.39 is 0 Å². The van der Waals surface area contributed by atoms with Gasteiger partial charge in [0.15, 0.2) is 0 Å². The first kappa shape index (κ1) is 20.1. The number of halogens is 1. The van der Waals surface area contributed by atoms with Crippen LogP contribution >= 0.6 is 11.6 Å². The number of carbonyl (C=O) groups is 1. The maximum atomic E-state index is 11.2. The lowest BCUT2D eigenvalue weighted by atomic mass is 9.91. The molecular formula is C24H28ClN3O. The van der Waals surface area contributed by atoms with Crippen LogP contribution in [0.1, 0.15) is 37.0 Å². The van der Waals surface area contributed by atoms with Crippen LogP contribution in [0.25, 0.3) is 0 Å². The van der Waals surface area contributed by atoms with Crippen LogP contribution in [0, 0.1) is 5.41 Å². The topological polar surface area (TPSA) is 35.9 Å². The van der Waals surface area contributed by atoms with Crippen molar-refractivity contribution in [1.29, 1.82) is 0 Å². The van der Waals surface area contributed by atoms with Crippen LogP contribution in [0.5, 0.6) is 0 Å². The summed E-state index contributed by atoms with van der Waals surface area (Å²) in [5.41, 5.74) is 4.46. The Kier molecular flexibility index (Phi) is 5.75. The highest BCUT2D eigenvalue weighted by Gasteiger charge is 2.26. The molecule has 4 rings (SSSR count). The monoisotopic (exact) mass is 409 g/mol. The zero-order valence-electron chi connectivity index (χ0n) is 17.2. The normalized spacial score (nSPS) is 17.2. The lowest BCUT2D eigenvalue weighted by Crippen LogP contribution is -2.49. The third-order valence-corrected chi connectivity index (χ3v) is 6.21. The van der Waals surface area contributed by atoms with Gasteiger partial charge >= 0.3 is 0 Å². The quantitative estimate of drug-likeness (QED) is 0.694. The van der Waals surface area contributed by atoms with E-state index in [1.807, 2.05) is 19.9 Å². The number of rotatable bonds is 4. The first-order valence-electron chi connectivity index (χ1n) is 10.3. The summed E-state index contributed by atoms with van der Waals surface area (Å²) in [7, 11) is 0. The summed E-state index contributed by atoms with van der Waals surface area (Å²) >= 11 is 6.36. The summed E-state index contributed by atoms with van der Waals surface area (Å²) in [5, 5.41) is 0.747. The van der Waals surface area contributed by atoms with E-state index in [0.29, 0.717) is 0 Å². The van der Waals surface area contributed by atoms with Gasteiger partial charge in [0, 0.05) is 48.6 Å². The van der Waals surface area contributed by atoms with Crippen LogP contribution in [0.15, 0.2) is 47.5 Å². The van der Waals surface area contributed by atoms with E-state index in [1.165, 1.54) is 11.1 Å². The summed E-state index contributed by atoms with van der Waals surface area (Å²) in [6, 6.07) is 14.5. The number of aliphatic imine (C=N–C) groups is 1. The molecule has 0 amide bonds. The van der Waals surface area contributed by atoms with E-state index in [4.69, 9.17) is 16.6 Å². The van der Waals surface area contributed by atoms with Crippen molar-refractivity contribution < 1.29 is 4.79 Å². The molecule has 2 heterocycles. The minimum atomic E-state index is -0.248. The van der Waals surface area contributed by atoms with E-state index in [9.17, 15) is 4.79 Å². The Bertz CT molecular complexity index is 929. The van der Waals surface area contributed by atoms with Crippen molar-refractivity contribution in [3.63, 3.8) is 0 Å². The minimum Gasteiger partial charge on any atom is -0.354 e. The van der Waals surface area contributed by atoms with Crippen LogP contribution in [0.2, 0.25) is 5.02 Å². The number of nitrogens with zero attached hydrogens (tertiary/aromatic N) is 3. The van der Waals surface area contributed by atoms with Gasteiger partial charge in [0.1, 0.15) is 12.1 Å². The Morgan fingerprint density at radius 2 is 1.83 bits per heavy atom. The highest BCUT2D eigenvalue weighted by Crippen LogP contribution is 2.31. The first-order chi connectivity index (χ1) is 13.9. The highest BCUT2D eigenvalue weighted by atomic mass is 35.5. The summed E-state index contributed by atoms with van der Waals surface area (Å²) in [6.45, 7) is 8.78. The van der Waals surface area contributed by atoms with E-state index in [2.05, 4.69) is 46.2 Å². The van der Waals surface area contributed by atoms with Crippen molar-refractivity contribution in [2.24, 2.45) is 10.4 Å². The van der Waals surface area contributed by atoms with E-state index >= 15 is 0 Å². The molecule has 4 nitrogen and oxygen atoms in total. The molecule has 0 spiro atoms. The minimum absolute atomic E-state index is 0.248. The standard InChI is InChI=1S/C24H28ClN3O/c1-24(2,17-29)9-10-27-11-13-28(14-12-27)23-21-16-20(25)8-7-18(21)15-19-5-3-4-6-22(19)26-23/h3-8,16-17H,9-15H2,1-2H3. The maximum absolute atomic E-state index is 11.2. The van der Waals surface area contributed by atoms with Crippen molar-refractivity contribution in [2.45, 2.75) is 26.7 Å². The smallest absolute Gasteiger partial charge is 0.136 e. The molecular weight excluding hydrogens is 382 g/mol. The molecule has 0 radical (unpaired) electrons. The fourth-order valence-electron chi connectivity index (χ4n) is 3.99. The zero-order chi connectivity index (χ0) is 20.4. The van der Waals surface area contributed by atoms with Crippen molar-refractivity contribution >= 4 is 29.4 Å². The predicted molar refractivity (Wildman–Crippen MR) is 119 cm³/mol. The third-order valence-electron chi connectivity index (χ3n) is 5.97. The molecule has 1 fully saturated rings. The molecule has 0 bridgehead atoms. The van der Waals surface area contributed by atoms with Crippen molar-refractivity contribution in [3.8, 4) is 0 Å². The summed E-state index contributed by atoms with van der Waals surface area (Å²) < 4.78 is 0. The van der Waals surface area contributed by atoms with Crippen LogP contribution in [-0.4, -0.2) is 54.6 Å². The van der Waals surface area contributed by atoms with E-state index in [-0.39, 0.29) is 5.41 Å². The molecule has 0 atom stereocenters. The van der Waals surface area contributed by atoms with Gasteiger partial charge in [0.05, 0.1) is 5.69 Å². The van der Waals surface area contributed by atoms with E-state index in [1.54, 1.807) is 0 Å². The number of benzene rings is 2. The summed E-state index contributed by atoms with van der Waals surface area (Å²) in [6.07, 6.45) is 2.83. The van der Waals surface area contributed by atoms with Gasteiger partial charge in [-0.15, -0.1) is 0 Å². The average Bonchev–Trinajstić information content (AvgIpc) is 2.89. The van der Waals surface area contributed by atoms with Crippen LogP contribution in [-0.2, 0) is 11.2 Å². The number of fused-ring (bicyclic) bond motifs is 2. The predicted octanol–water partition coefficient (Wildman–Crippen LogP) is 4.56. The van der Waals surface area contributed by atoms with Crippen molar-refractivity contribution in [2.75, 3.05) is 32.7 Å². The van der Waals surface area contributed by atoms with Crippen LogP contribution < -0.4 is 0 Å². The van der Waals surface area contributed by atoms with Gasteiger partial charge in [-0.3, -0.25) is 4.90 Å². The molecule has 2 aliphatic heterocycles. The van der Waals surface area contributed by atoms with Gasteiger partial charge in [-0.1, -0.05) is 49.7 Å². The van der Waals surface area contributed by atoms with Gasteiger partial charge in [-0.25, -0.2) is 4.99 Å². The number of amidine groups is 1. The van der Waals surface area contributed by atoms with Crippen LogP contribution in [0.4, 0.5) is 5.69 Å². The number of hydrogen-bond donors (Lipinski definition) is 0. The molecule has 0 saturated carbocycles. The average molecular weight is 410 g/mol. The Hall–Kier alpha value is -2.17. The largest absolute Gasteiger partial charge is 0.354 e. The SMILES string of the molecule is CC(C)(C=O)CCN1CCN(C2=Nc3ccccc3Cc3ccc(Cl)cc32)CC1. The number of carbonyl (C=O) groups excluding carboxylic acids is 1. The van der Waals surface area contributed by atoms with Gasteiger partial charge in [0.2, 0.25) is 0 Å². The van der Waals surface area contributed by atoms with Crippen molar-refractivity contribution in [1.82, 2.24) is 9.80 Å². The molecule has 0 N–H and O–H groups in total. The summed E-state index contributed by atoms with van der Waals surface area (Å²) in [5.74, 6) is 1.03. The van der Waals surface area contributed by atoms with Gasteiger partial charge in [-0.2, -0.15) is 0 Å². The molecule has 29 heavy (non-hydrogen) atoms. The Morgan fingerprint density at radius 3 is 2.59 bits per heavy atom. The number of piperazine rings is 1. The number of para-hydroxylation sites is 1. The molecule has 2 aliphatic rings. The maximum Gasteiger partial charge on any atom is 0.136 e. The van der Waals surface area contributed by atoms with E-state index in [0.717, 1.165) is 74.0 Å². The zero-order valence-corrected chi connectivity index (χ0v) is 18.0. The molecule has 2 aromatic rings. The molecule has 1 saturated heterocycles. The number of aldehydes is 1. The fraction of sp³-hybridized carbons (Fsp3) is 0.417. The second kappa shape index (κ2) is 8.29. The second-order valence-corrected chi connectivity index (χ2v) is 9.16. The Labute approximate surface area is 178 Å². The lowest BCUT2D eigenvalue weighted by molar-refractivity contribution is -0.115. The van der Waals surface area contributed by atoms with Crippen molar-refractivity contribution in [3.05, 3.63) is 64.2 Å². The number of hydrogen-bond acceptors (Lipinski definition) is 4. The third kappa shape index (κ3) is 4.54. The molecule has 2 aromatic carbocycles. The Balaban J connectivity index is 1.56. The second-order valence-electron chi connectivity index (χ2n) is 8.73.